The molecule has 2 N–H and O–H groups in total. The molecule has 1 amide bonds. The van der Waals surface area contributed by atoms with Gasteiger partial charge in [-0.25, -0.2) is 19.9 Å². The maximum atomic E-state index is 12.5. The number of nitriles is 1. The van der Waals surface area contributed by atoms with Crippen LogP contribution in [0.3, 0.4) is 0 Å². The van der Waals surface area contributed by atoms with Gasteiger partial charge in [0.05, 0.1) is 17.5 Å². The molecule has 0 spiro atoms. The molecule has 9 nitrogen and oxygen atoms in total. The van der Waals surface area contributed by atoms with E-state index in [1.54, 1.807) is 32.2 Å². The molecule has 4 aromatic rings. The van der Waals surface area contributed by atoms with Crippen LogP contribution in [0.15, 0.2) is 48.9 Å². The number of anilines is 1. The predicted octanol–water partition coefficient (Wildman–Crippen LogP) is 3.71. The van der Waals surface area contributed by atoms with Crippen LogP contribution in [-0.4, -0.2) is 49.5 Å². The Morgan fingerprint density at radius 2 is 1.82 bits per heavy atom. The van der Waals surface area contributed by atoms with Crippen LogP contribution < -0.4 is 10.2 Å². The molecular formula is C25H24N8O. The number of amides is 1. The third-order valence-electron chi connectivity index (χ3n) is 5.79. The van der Waals surface area contributed by atoms with Crippen LogP contribution in [-0.2, 0) is 0 Å². The van der Waals surface area contributed by atoms with Crippen LogP contribution in [0, 0.1) is 11.3 Å². The van der Waals surface area contributed by atoms with E-state index in [9.17, 15) is 4.79 Å². The SMILES string of the molecule is CC(C)(C#N)NC(=O)c1cccc(-c2cnc3[nH]c(-c4cnc(N5CCCC5)nc4)cc3c2)n1. The monoisotopic (exact) mass is 452 g/mol. The Bertz CT molecular complexity index is 1390. The van der Waals surface area contributed by atoms with E-state index in [2.05, 4.69) is 41.2 Å². The van der Waals surface area contributed by atoms with Crippen molar-refractivity contribution >= 4 is 22.9 Å². The Morgan fingerprint density at radius 1 is 1.09 bits per heavy atom. The lowest BCUT2D eigenvalue weighted by molar-refractivity contribution is 0.0924. The maximum absolute atomic E-state index is 12.5. The first-order valence-electron chi connectivity index (χ1n) is 11.2. The maximum Gasteiger partial charge on any atom is 0.271 e. The van der Waals surface area contributed by atoms with E-state index in [1.807, 2.05) is 30.6 Å². The molecule has 0 unspecified atom stereocenters. The first-order chi connectivity index (χ1) is 16.4. The molecule has 0 radical (unpaired) electrons. The van der Waals surface area contributed by atoms with Crippen molar-refractivity contribution in [2.75, 3.05) is 18.0 Å². The number of carbonyl (C=O) groups excluding carboxylic acids is 1. The molecule has 0 bridgehead atoms. The highest BCUT2D eigenvalue weighted by Gasteiger charge is 2.21. The zero-order valence-electron chi connectivity index (χ0n) is 19.0. The van der Waals surface area contributed by atoms with E-state index in [4.69, 9.17) is 5.26 Å². The van der Waals surface area contributed by atoms with Crippen molar-refractivity contribution in [2.45, 2.75) is 32.2 Å². The number of fused-ring (bicyclic) bond motifs is 1. The van der Waals surface area contributed by atoms with Crippen LogP contribution in [0.5, 0.6) is 0 Å². The Kier molecular flexibility index (Phi) is 5.42. The minimum absolute atomic E-state index is 0.242. The Morgan fingerprint density at radius 3 is 2.56 bits per heavy atom. The first kappa shape index (κ1) is 21.5. The van der Waals surface area contributed by atoms with Crippen LogP contribution in [0.25, 0.3) is 33.5 Å². The van der Waals surface area contributed by atoms with Gasteiger partial charge in [0.25, 0.3) is 5.91 Å². The molecule has 9 heteroatoms. The van der Waals surface area contributed by atoms with Crippen molar-refractivity contribution in [3.05, 3.63) is 54.6 Å². The van der Waals surface area contributed by atoms with Gasteiger partial charge in [0, 0.05) is 48.2 Å². The summed E-state index contributed by atoms with van der Waals surface area (Å²) in [5, 5.41) is 12.8. The summed E-state index contributed by atoms with van der Waals surface area (Å²) in [5.74, 6) is 0.370. The highest BCUT2D eigenvalue weighted by Crippen LogP contribution is 2.27. The van der Waals surface area contributed by atoms with Gasteiger partial charge in [-0.1, -0.05) is 6.07 Å². The number of H-pyrrole nitrogens is 1. The molecule has 1 fully saturated rings. The lowest BCUT2D eigenvalue weighted by Crippen LogP contribution is -2.42. The van der Waals surface area contributed by atoms with Crippen LogP contribution in [0.4, 0.5) is 5.95 Å². The van der Waals surface area contributed by atoms with Crippen molar-refractivity contribution in [3.8, 4) is 28.6 Å². The summed E-state index contributed by atoms with van der Waals surface area (Å²) in [5.41, 5.74) is 3.18. The van der Waals surface area contributed by atoms with Gasteiger partial charge in [-0.2, -0.15) is 5.26 Å². The van der Waals surface area contributed by atoms with Crippen molar-refractivity contribution in [1.82, 2.24) is 30.2 Å². The number of rotatable bonds is 5. The fourth-order valence-electron chi connectivity index (χ4n) is 3.95. The van der Waals surface area contributed by atoms with Gasteiger partial charge >= 0.3 is 0 Å². The number of aromatic nitrogens is 5. The van der Waals surface area contributed by atoms with Crippen molar-refractivity contribution in [1.29, 1.82) is 5.26 Å². The highest BCUT2D eigenvalue weighted by molar-refractivity contribution is 5.94. The molecule has 5 rings (SSSR count). The number of hydrogen-bond donors (Lipinski definition) is 2. The van der Waals surface area contributed by atoms with E-state index in [1.165, 1.54) is 12.8 Å². The summed E-state index contributed by atoms with van der Waals surface area (Å²) in [6.07, 6.45) is 7.75. The topological polar surface area (TPSA) is 123 Å². The van der Waals surface area contributed by atoms with Crippen molar-refractivity contribution in [3.63, 3.8) is 0 Å². The molecule has 0 atom stereocenters. The van der Waals surface area contributed by atoms with Gasteiger partial charge in [-0.3, -0.25) is 4.79 Å². The fourth-order valence-corrected chi connectivity index (χ4v) is 3.95. The van der Waals surface area contributed by atoms with Crippen molar-refractivity contribution in [2.24, 2.45) is 0 Å². The fraction of sp³-hybridized carbons (Fsp3) is 0.280. The zero-order valence-corrected chi connectivity index (χ0v) is 19.0. The molecule has 1 aliphatic heterocycles. The summed E-state index contributed by atoms with van der Waals surface area (Å²) in [6, 6.07) is 11.3. The summed E-state index contributed by atoms with van der Waals surface area (Å²) in [4.78, 5) is 36.1. The molecule has 5 heterocycles. The second-order valence-electron chi connectivity index (χ2n) is 8.91. The summed E-state index contributed by atoms with van der Waals surface area (Å²) in [6.45, 7) is 5.29. The first-order valence-corrected chi connectivity index (χ1v) is 11.2. The van der Waals surface area contributed by atoms with Gasteiger partial charge in [0.2, 0.25) is 5.95 Å². The number of nitrogens with zero attached hydrogens (tertiary/aromatic N) is 6. The number of hydrogen-bond acceptors (Lipinski definition) is 7. The quantitative estimate of drug-likeness (QED) is 0.473. The van der Waals surface area contributed by atoms with Gasteiger partial charge in [0.1, 0.15) is 16.9 Å². The lowest BCUT2D eigenvalue weighted by Gasteiger charge is -2.17. The highest BCUT2D eigenvalue weighted by atomic mass is 16.2. The smallest absolute Gasteiger partial charge is 0.271 e. The van der Waals surface area contributed by atoms with E-state index in [-0.39, 0.29) is 5.69 Å². The molecule has 1 aliphatic rings. The average molecular weight is 453 g/mol. The third kappa shape index (κ3) is 4.30. The van der Waals surface area contributed by atoms with Crippen molar-refractivity contribution < 1.29 is 4.79 Å². The van der Waals surface area contributed by atoms with Crippen LogP contribution in [0.1, 0.15) is 37.2 Å². The Balaban J connectivity index is 1.40. The van der Waals surface area contributed by atoms with Crippen LogP contribution in [0.2, 0.25) is 0 Å². The van der Waals surface area contributed by atoms with Gasteiger partial charge in [-0.15, -0.1) is 0 Å². The molecule has 0 aliphatic carbocycles. The van der Waals surface area contributed by atoms with E-state index in [0.29, 0.717) is 5.69 Å². The number of nitrogens with one attached hydrogen (secondary N) is 2. The summed E-state index contributed by atoms with van der Waals surface area (Å²) < 4.78 is 0. The predicted molar refractivity (Wildman–Crippen MR) is 129 cm³/mol. The van der Waals surface area contributed by atoms with E-state index in [0.717, 1.165) is 46.9 Å². The van der Waals surface area contributed by atoms with E-state index >= 15 is 0 Å². The molecule has 4 aromatic heterocycles. The summed E-state index contributed by atoms with van der Waals surface area (Å²) in [7, 11) is 0. The normalized spacial score (nSPS) is 13.7. The average Bonchev–Trinajstić information content (AvgIpc) is 3.54. The number of carbonyl (C=O) groups is 1. The molecular weight excluding hydrogens is 428 g/mol. The minimum Gasteiger partial charge on any atom is -0.341 e. The molecule has 1 saturated heterocycles. The molecule has 170 valence electrons. The number of aromatic amines is 1. The zero-order chi connectivity index (χ0) is 23.7. The minimum atomic E-state index is -0.979. The largest absolute Gasteiger partial charge is 0.341 e. The number of pyridine rings is 2. The molecule has 0 saturated carbocycles. The molecule has 34 heavy (non-hydrogen) atoms. The Hall–Kier alpha value is -4.32. The standard InChI is InChI=1S/C25H24N8O/c1-25(2,15-26)32-23(34)20-7-5-6-19(30-20)17-10-16-11-21(31-22(16)27-12-17)18-13-28-24(29-14-18)33-8-3-4-9-33/h5-7,10-14H,3-4,8-9H2,1-2H3,(H,27,31)(H,32,34). The second-order valence-corrected chi connectivity index (χ2v) is 8.91. The second kappa shape index (κ2) is 8.56. The Labute approximate surface area is 196 Å². The van der Waals surface area contributed by atoms with E-state index < -0.39 is 11.4 Å². The van der Waals surface area contributed by atoms with Gasteiger partial charge in [-0.05, 0) is 51.0 Å². The summed E-state index contributed by atoms with van der Waals surface area (Å²) >= 11 is 0. The third-order valence-corrected chi connectivity index (χ3v) is 5.79. The van der Waals surface area contributed by atoms with Gasteiger partial charge in [0.15, 0.2) is 0 Å². The van der Waals surface area contributed by atoms with Gasteiger partial charge < -0.3 is 15.2 Å². The van der Waals surface area contributed by atoms with Crippen LogP contribution >= 0.6 is 0 Å². The molecule has 0 aromatic carbocycles. The lowest BCUT2D eigenvalue weighted by atomic mass is 10.1.